The molecule has 1 fully saturated rings. The number of carbonyl (C=O) groups is 1. The average molecular weight is 336 g/mol. The summed E-state index contributed by atoms with van der Waals surface area (Å²) in [5, 5.41) is 20.5. The monoisotopic (exact) mass is 336 g/mol. The zero-order valence-corrected chi connectivity index (χ0v) is 14.8. The maximum absolute atomic E-state index is 12.0. The molecule has 4 nitrogen and oxygen atoms in total. The van der Waals surface area contributed by atoms with E-state index in [4.69, 9.17) is 4.74 Å². The summed E-state index contributed by atoms with van der Waals surface area (Å²) in [5.74, 6) is -0.145. The Hall–Kier alpha value is -1.13. The molecule has 1 saturated carbocycles. The first-order chi connectivity index (χ1) is 11.6. The van der Waals surface area contributed by atoms with E-state index < -0.39 is 12.2 Å². The number of hydrogen-bond donors (Lipinski definition) is 2. The third kappa shape index (κ3) is 5.75. The van der Waals surface area contributed by atoms with Gasteiger partial charge >= 0.3 is 5.97 Å². The van der Waals surface area contributed by atoms with Crippen LogP contribution in [0.15, 0.2) is 24.3 Å². The number of carbonyl (C=O) groups excluding carboxylic acids is 1. The topological polar surface area (TPSA) is 66.8 Å². The molecule has 4 heteroatoms. The van der Waals surface area contributed by atoms with E-state index in [9.17, 15) is 15.0 Å². The third-order valence-electron chi connectivity index (χ3n) is 5.16. The minimum absolute atomic E-state index is 0.0208. The number of allylic oxidation sites excluding steroid dienone is 2. The number of rotatable bonds is 6. The van der Waals surface area contributed by atoms with Crippen molar-refractivity contribution in [1.29, 1.82) is 0 Å². The first kappa shape index (κ1) is 19.2. The summed E-state index contributed by atoms with van der Waals surface area (Å²) >= 11 is 0. The Labute approximate surface area is 145 Å². The molecule has 24 heavy (non-hydrogen) atoms. The van der Waals surface area contributed by atoms with Gasteiger partial charge in [-0.05, 0) is 31.6 Å². The smallest absolute Gasteiger partial charge is 0.306 e. The van der Waals surface area contributed by atoms with Crippen LogP contribution in [-0.2, 0) is 9.53 Å². The van der Waals surface area contributed by atoms with E-state index in [1.807, 2.05) is 12.2 Å². The molecule has 2 N–H and O–H groups in total. The van der Waals surface area contributed by atoms with Gasteiger partial charge in [0.2, 0.25) is 0 Å². The summed E-state index contributed by atoms with van der Waals surface area (Å²) in [5.41, 5.74) is 0. The highest BCUT2D eigenvalue weighted by Gasteiger charge is 2.42. The van der Waals surface area contributed by atoms with Crippen LogP contribution in [0.4, 0.5) is 0 Å². The van der Waals surface area contributed by atoms with Gasteiger partial charge in [0.25, 0.3) is 0 Å². The summed E-state index contributed by atoms with van der Waals surface area (Å²) in [4.78, 5) is 12.0. The van der Waals surface area contributed by atoms with E-state index in [0.29, 0.717) is 12.8 Å². The number of aliphatic hydroxyl groups excluding tert-OH is 2. The van der Waals surface area contributed by atoms with Gasteiger partial charge in [-0.3, -0.25) is 4.79 Å². The molecule has 0 aromatic rings. The number of unbranched alkanes of at least 4 members (excludes halogenated alkanes) is 2. The van der Waals surface area contributed by atoms with Gasteiger partial charge in [-0.25, -0.2) is 0 Å². The minimum Gasteiger partial charge on any atom is -0.462 e. The Morgan fingerprint density at radius 1 is 1.38 bits per heavy atom. The van der Waals surface area contributed by atoms with Crippen molar-refractivity contribution in [2.24, 2.45) is 11.8 Å². The lowest BCUT2D eigenvalue weighted by Gasteiger charge is -2.22. The Balaban J connectivity index is 2.04. The van der Waals surface area contributed by atoms with Crippen LogP contribution in [0.1, 0.15) is 64.7 Å². The lowest BCUT2D eigenvalue weighted by atomic mass is 9.89. The maximum Gasteiger partial charge on any atom is 0.306 e. The predicted molar refractivity (Wildman–Crippen MR) is 94.4 cm³/mol. The van der Waals surface area contributed by atoms with Crippen molar-refractivity contribution in [3.63, 3.8) is 0 Å². The first-order valence-electron chi connectivity index (χ1n) is 9.50. The van der Waals surface area contributed by atoms with Crippen molar-refractivity contribution in [1.82, 2.24) is 0 Å². The van der Waals surface area contributed by atoms with Crippen molar-refractivity contribution in [3.05, 3.63) is 24.3 Å². The fraction of sp³-hybridized carbons (Fsp3) is 0.750. The molecule has 1 aliphatic heterocycles. The van der Waals surface area contributed by atoms with E-state index in [1.54, 1.807) is 0 Å². The minimum atomic E-state index is -0.461. The highest BCUT2D eigenvalue weighted by atomic mass is 16.5. The predicted octanol–water partition coefficient (Wildman–Crippen LogP) is 3.52. The highest BCUT2D eigenvalue weighted by Crippen LogP contribution is 2.38. The fourth-order valence-corrected chi connectivity index (χ4v) is 3.73. The summed E-state index contributed by atoms with van der Waals surface area (Å²) in [6.07, 6.45) is 14.2. The largest absolute Gasteiger partial charge is 0.462 e. The Kier molecular flexibility index (Phi) is 8.00. The van der Waals surface area contributed by atoms with Gasteiger partial charge in [-0.15, -0.1) is 0 Å². The maximum atomic E-state index is 12.0. The van der Waals surface area contributed by atoms with Gasteiger partial charge in [-0.1, -0.05) is 50.5 Å². The molecule has 0 unspecified atom stereocenters. The van der Waals surface area contributed by atoms with Crippen LogP contribution < -0.4 is 0 Å². The van der Waals surface area contributed by atoms with Crippen LogP contribution in [0.5, 0.6) is 0 Å². The van der Waals surface area contributed by atoms with Crippen LogP contribution >= 0.6 is 0 Å². The zero-order chi connectivity index (χ0) is 17.4. The van der Waals surface area contributed by atoms with E-state index in [1.165, 1.54) is 0 Å². The first-order valence-corrected chi connectivity index (χ1v) is 9.50. The number of esters is 1. The second-order valence-corrected chi connectivity index (χ2v) is 7.12. The van der Waals surface area contributed by atoms with Gasteiger partial charge in [0.15, 0.2) is 0 Å². The van der Waals surface area contributed by atoms with Crippen LogP contribution in [0.3, 0.4) is 0 Å². The van der Waals surface area contributed by atoms with Gasteiger partial charge in [0.05, 0.1) is 12.2 Å². The molecule has 1 heterocycles. The zero-order valence-electron chi connectivity index (χ0n) is 14.8. The standard InChI is InChI=1S/C20H32O4/c1-2-3-6-9-15(21)12-13-17-16-10-7-4-5-8-11-20(23)24-19(17)14-18(16)22/h4,7,12-13,15-19,21-22H,2-3,5-6,8-11,14H2,1H3/b7-4?,13-12+/t15-,16+,17+,18-,19+/m0/s1. The molecule has 136 valence electrons. The normalized spacial score (nSPS) is 32.5. The fourth-order valence-electron chi connectivity index (χ4n) is 3.73. The van der Waals surface area contributed by atoms with Crippen LogP contribution in [0, 0.1) is 11.8 Å². The lowest BCUT2D eigenvalue weighted by Crippen LogP contribution is -2.24. The van der Waals surface area contributed by atoms with Gasteiger partial charge in [0, 0.05) is 18.8 Å². The van der Waals surface area contributed by atoms with Crippen LogP contribution in [0.25, 0.3) is 0 Å². The molecule has 2 rings (SSSR count). The van der Waals surface area contributed by atoms with Crippen molar-refractivity contribution in [2.45, 2.75) is 83.0 Å². The van der Waals surface area contributed by atoms with Gasteiger partial charge in [-0.2, -0.15) is 0 Å². The second-order valence-electron chi connectivity index (χ2n) is 7.12. The molecule has 0 radical (unpaired) electrons. The van der Waals surface area contributed by atoms with Crippen LogP contribution in [0.2, 0.25) is 0 Å². The van der Waals surface area contributed by atoms with E-state index in [-0.39, 0.29) is 23.9 Å². The number of ether oxygens (including phenoxy) is 1. The molecule has 0 spiro atoms. The third-order valence-corrected chi connectivity index (χ3v) is 5.16. The summed E-state index contributed by atoms with van der Waals surface area (Å²) in [6.45, 7) is 2.14. The van der Waals surface area contributed by atoms with Crippen LogP contribution in [-0.4, -0.2) is 34.5 Å². The van der Waals surface area contributed by atoms with E-state index in [0.717, 1.165) is 44.9 Å². The van der Waals surface area contributed by atoms with Gasteiger partial charge in [0.1, 0.15) is 6.10 Å². The molecule has 0 saturated heterocycles. The van der Waals surface area contributed by atoms with Crippen molar-refractivity contribution in [2.75, 3.05) is 0 Å². The lowest BCUT2D eigenvalue weighted by molar-refractivity contribution is -0.150. The molecule has 1 aliphatic carbocycles. The molecule has 2 aliphatic rings. The number of aliphatic hydroxyl groups is 2. The summed E-state index contributed by atoms with van der Waals surface area (Å²) < 4.78 is 5.63. The van der Waals surface area contributed by atoms with Crippen molar-refractivity contribution in [3.8, 4) is 0 Å². The van der Waals surface area contributed by atoms with E-state index >= 15 is 0 Å². The Morgan fingerprint density at radius 3 is 3.00 bits per heavy atom. The number of fused-ring (bicyclic) bond motifs is 2. The SMILES string of the molecule is CCCCC[C@H](O)/C=C/[C@@H]1[C@H]2CC=CCCCC(=O)O[C@@H]1C[C@@H]2O. The summed E-state index contributed by atoms with van der Waals surface area (Å²) in [6, 6.07) is 0. The molecule has 0 amide bonds. The Morgan fingerprint density at radius 2 is 2.21 bits per heavy atom. The molecule has 0 aromatic heterocycles. The molecular formula is C20H32O4. The van der Waals surface area contributed by atoms with Gasteiger partial charge < -0.3 is 14.9 Å². The molecule has 0 aromatic carbocycles. The molecule has 5 atom stereocenters. The molecular weight excluding hydrogens is 304 g/mol. The highest BCUT2D eigenvalue weighted by molar-refractivity contribution is 5.69. The van der Waals surface area contributed by atoms with Crippen molar-refractivity contribution >= 4 is 5.97 Å². The van der Waals surface area contributed by atoms with Crippen molar-refractivity contribution < 1.29 is 19.7 Å². The quantitative estimate of drug-likeness (QED) is 0.442. The second kappa shape index (κ2) is 10.00. The summed E-state index contributed by atoms with van der Waals surface area (Å²) in [7, 11) is 0. The number of hydrogen-bond acceptors (Lipinski definition) is 4. The Bertz CT molecular complexity index is 443. The average Bonchev–Trinajstić information content (AvgIpc) is 2.81. The van der Waals surface area contributed by atoms with E-state index in [2.05, 4.69) is 19.1 Å². The molecule has 2 bridgehead atoms.